The minimum Gasteiger partial charge on any atom is -0.436 e. The molecule has 0 aliphatic carbocycles. The molecule has 1 atom stereocenters. The molecule has 6 nitrogen and oxygen atoms in total. The van der Waals surface area contributed by atoms with Crippen LogP contribution in [0, 0.1) is 12.7 Å². The van der Waals surface area contributed by atoms with Crippen molar-refractivity contribution in [3.63, 3.8) is 0 Å². The van der Waals surface area contributed by atoms with Crippen LogP contribution in [0.3, 0.4) is 0 Å². The van der Waals surface area contributed by atoms with Gasteiger partial charge in [-0.1, -0.05) is 24.3 Å². The van der Waals surface area contributed by atoms with Gasteiger partial charge >= 0.3 is 0 Å². The molecule has 0 saturated carbocycles. The lowest BCUT2D eigenvalue weighted by Gasteiger charge is -2.40. The first kappa shape index (κ1) is 19.8. The molecule has 1 fully saturated rings. The van der Waals surface area contributed by atoms with Crippen molar-refractivity contribution in [1.29, 1.82) is 0 Å². The summed E-state index contributed by atoms with van der Waals surface area (Å²) in [4.78, 5) is 25.2. The number of ether oxygens (including phenoxy) is 1. The van der Waals surface area contributed by atoms with Crippen LogP contribution in [-0.2, 0) is 0 Å². The molecule has 2 aromatic carbocycles. The fourth-order valence-corrected chi connectivity index (χ4v) is 3.57. The van der Waals surface area contributed by atoms with Crippen molar-refractivity contribution in [2.45, 2.75) is 19.9 Å². The third kappa shape index (κ3) is 4.25. The van der Waals surface area contributed by atoms with Gasteiger partial charge in [0.1, 0.15) is 12.1 Å². The Kier molecular flexibility index (Phi) is 5.61. The Morgan fingerprint density at radius 2 is 1.90 bits per heavy atom. The van der Waals surface area contributed by atoms with Crippen molar-refractivity contribution >= 4 is 11.7 Å². The Balaban J connectivity index is 1.46. The molecule has 1 amide bonds. The summed E-state index contributed by atoms with van der Waals surface area (Å²) in [6.07, 6.45) is 1.41. The monoisotopic (exact) mass is 406 g/mol. The number of nitrogens with zero attached hydrogens (tertiary/aromatic N) is 4. The van der Waals surface area contributed by atoms with E-state index in [4.69, 9.17) is 4.74 Å². The van der Waals surface area contributed by atoms with Crippen LogP contribution in [0.15, 0.2) is 60.9 Å². The second kappa shape index (κ2) is 8.49. The van der Waals surface area contributed by atoms with Gasteiger partial charge in [-0.2, -0.15) is 0 Å². The first-order valence-corrected chi connectivity index (χ1v) is 9.88. The maximum atomic E-state index is 14.0. The number of anilines is 1. The molecule has 30 heavy (non-hydrogen) atoms. The fraction of sp³-hybridized carbons (Fsp3) is 0.261. The van der Waals surface area contributed by atoms with Crippen LogP contribution >= 0.6 is 0 Å². The number of rotatable bonds is 4. The van der Waals surface area contributed by atoms with E-state index in [1.54, 1.807) is 18.2 Å². The van der Waals surface area contributed by atoms with E-state index in [9.17, 15) is 9.18 Å². The van der Waals surface area contributed by atoms with E-state index >= 15 is 0 Å². The zero-order valence-corrected chi connectivity index (χ0v) is 17.0. The van der Waals surface area contributed by atoms with Crippen molar-refractivity contribution in [2.24, 2.45) is 0 Å². The molecule has 1 saturated heterocycles. The van der Waals surface area contributed by atoms with Gasteiger partial charge in [-0.25, -0.2) is 14.4 Å². The molecule has 0 bridgehead atoms. The number of hydrogen-bond acceptors (Lipinski definition) is 5. The second-order valence-corrected chi connectivity index (χ2v) is 7.41. The van der Waals surface area contributed by atoms with Crippen molar-refractivity contribution in [3.05, 3.63) is 77.9 Å². The molecular formula is C23H23FN4O2. The second-order valence-electron chi connectivity index (χ2n) is 7.41. The summed E-state index contributed by atoms with van der Waals surface area (Å²) in [5.74, 6) is 0.685. The minimum absolute atomic E-state index is 0.0139. The van der Waals surface area contributed by atoms with Crippen LogP contribution in [0.2, 0.25) is 0 Å². The van der Waals surface area contributed by atoms with Crippen molar-refractivity contribution in [3.8, 4) is 11.6 Å². The number of carbonyl (C=O) groups is 1. The highest BCUT2D eigenvalue weighted by atomic mass is 19.1. The maximum absolute atomic E-state index is 14.0. The summed E-state index contributed by atoms with van der Waals surface area (Å²) in [6, 6.07) is 15.7. The molecule has 1 unspecified atom stereocenters. The summed E-state index contributed by atoms with van der Waals surface area (Å²) in [5.41, 5.74) is 1.59. The Hall–Kier alpha value is -3.48. The lowest BCUT2D eigenvalue weighted by Crippen LogP contribution is -2.54. The molecule has 0 radical (unpaired) electrons. The molecule has 1 aliphatic heterocycles. The van der Waals surface area contributed by atoms with Crippen molar-refractivity contribution in [1.82, 2.24) is 14.9 Å². The van der Waals surface area contributed by atoms with Gasteiger partial charge in [-0.15, -0.1) is 0 Å². The molecule has 154 valence electrons. The number of amides is 1. The predicted octanol–water partition coefficient (Wildman–Crippen LogP) is 4.07. The Labute approximate surface area is 174 Å². The number of halogens is 1. The topological polar surface area (TPSA) is 58.6 Å². The van der Waals surface area contributed by atoms with E-state index in [-0.39, 0.29) is 23.6 Å². The van der Waals surface area contributed by atoms with Gasteiger partial charge in [0.15, 0.2) is 11.6 Å². The third-order valence-electron chi connectivity index (χ3n) is 5.16. The van der Waals surface area contributed by atoms with Crippen LogP contribution in [0.5, 0.6) is 11.6 Å². The molecule has 2 heterocycles. The zero-order valence-electron chi connectivity index (χ0n) is 17.0. The first-order valence-electron chi connectivity index (χ1n) is 9.88. The number of piperazine rings is 1. The van der Waals surface area contributed by atoms with E-state index in [0.29, 0.717) is 31.0 Å². The van der Waals surface area contributed by atoms with Gasteiger partial charge in [0.05, 0.1) is 0 Å². The van der Waals surface area contributed by atoms with E-state index in [1.165, 1.54) is 12.4 Å². The number of benzene rings is 2. The van der Waals surface area contributed by atoms with E-state index < -0.39 is 5.82 Å². The number of carbonyl (C=O) groups excluding carboxylic acids is 1. The Bertz CT molecular complexity index is 1040. The van der Waals surface area contributed by atoms with Crippen LogP contribution in [0.4, 0.5) is 10.2 Å². The maximum Gasteiger partial charge on any atom is 0.254 e. The van der Waals surface area contributed by atoms with Gasteiger partial charge in [-0.3, -0.25) is 4.79 Å². The highest BCUT2D eigenvalue weighted by molar-refractivity contribution is 5.94. The summed E-state index contributed by atoms with van der Waals surface area (Å²) < 4.78 is 19.7. The normalized spacial score (nSPS) is 16.4. The number of aromatic nitrogens is 2. The molecule has 7 heteroatoms. The largest absolute Gasteiger partial charge is 0.436 e. The molecule has 1 aliphatic rings. The fourth-order valence-electron chi connectivity index (χ4n) is 3.57. The molecule has 0 spiro atoms. The highest BCUT2D eigenvalue weighted by Crippen LogP contribution is 2.27. The molecule has 4 rings (SSSR count). The number of aryl methyl sites for hydroxylation is 1. The van der Waals surface area contributed by atoms with E-state index in [2.05, 4.69) is 14.9 Å². The highest BCUT2D eigenvalue weighted by Gasteiger charge is 2.29. The smallest absolute Gasteiger partial charge is 0.254 e. The van der Waals surface area contributed by atoms with E-state index in [1.807, 2.05) is 49.1 Å². The Morgan fingerprint density at radius 1 is 1.10 bits per heavy atom. The summed E-state index contributed by atoms with van der Waals surface area (Å²) in [5, 5.41) is 0. The standard InChI is InChI=1S/C23H23FN4O2/c1-16-8-9-19(24)20(12-16)30-22-13-21(25-15-26-22)27-10-11-28(17(2)14-27)23(29)18-6-4-3-5-7-18/h3-9,12-13,15,17H,10-11,14H2,1-2H3. The van der Waals surface area contributed by atoms with E-state index in [0.717, 1.165) is 5.56 Å². The predicted molar refractivity (Wildman–Crippen MR) is 112 cm³/mol. The lowest BCUT2D eigenvalue weighted by molar-refractivity contribution is 0.0673. The van der Waals surface area contributed by atoms with Gasteiger partial charge in [0.2, 0.25) is 5.88 Å². The van der Waals surface area contributed by atoms with Crippen molar-refractivity contribution < 1.29 is 13.9 Å². The summed E-state index contributed by atoms with van der Waals surface area (Å²) in [7, 11) is 0. The van der Waals surface area contributed by atoms with Crippen LogP contribution in [0.25, 0.3) is 0 Å². The van der Waals surface area contributed by atoms with Crippen LogP contribution in [-0.4, -0.2) is 46.5 Å². The average Bonchev–Trinajstić information content (AvgIpc) is 2.76. The number of hydrogen-bond donors (Lipinski definition) is 0. The van der Waals surface area contributed by atoms with Crippen LogP contribution in [0.1, 0.15) is 22.8 Å². The van der Waals surface area contributed by atoms with Crippen molar-refractivity contribution in [2.75, 3.05) is 24.5 Å². The van der Waals surface area contributed by atoms with Gasteiger partial charge < -0.3 is 14.5 Å². The third-order valence-corrected chi connectivity index (χ3v) is 5.16. The molecular weight excluding hydrogens is 383 g/mol. The minimum atomic E-state index is -0.442. The molecule has 0 N–H and O–H groups in total. The van der Waals surface area contributed by atoms with Crippen LogP contribution < -0.4 is 9.64 Å². The zero-order chi connectivity index (χ0) is 21.1. The summed E-state index contributed by atoms with van der Waals surface area (Å²) >= 11 is 0. The quantitative estimate of drug-likeness (QED) is 0.654. The van der Waals surface area contributed by atoms with Gasteiger partial charge in [-0.05, 0) is 43.7 Å². The Morgan fingerprint density at radius 3 is 2.67 bits per heavy atom. The average molecular weight is 406 g/mol. The van der Waals surface area contributed by atoms with Gasteiger partial charge in [0, 0.05) is 37.3 Å². The molecule has 3 aromatic rings. The SMILES string of the molecule is Cc1ccc(F)c(Oc2cc(N3CCN(C(=O)c4ccccc4)C(C)C3)ncn2)c1. The summed E-state index contributed by atoms with van der Waals surface area (Å²) in [6.45, 7) is 5.75. The molecule has 1 aromatic heterocycles. The first-order chi connectivity index (χ1) is 14.5. The lowest BCUT2D eigenvalue weighted by atomic mass is 10.1. The van der Waals surface area contributed by atoms with Gasteiger partial charge in [0.25, 0.3) is 5.91 Å².